The Hall–Kier alpha value is -3.81. The van der Waals surface area contributed by atoms with Crippen molar-refractivity contribution in [3.8, 4) is 0 Å². The summed E-state index contributed by atoms with van der Waals surface area (Å²) in [7, 11) is 0. The van der Waals surface area contributed by atoms with Crippen LogP contribution >= 0.6 is 0 Å². The summed E-state index contributed by atoms with van der Waals surface area (Å²) in [6.45, 7) is 0.0808. The van der Waals surface area contributed by atoms with Gasteiger partial charge in [0, 0.05) is 32.0 Å². The van der Waals surface area contributed by atoms with Crippen molar-refractivity contribution in [1.29, 1.82) is 0 Å². The molecular weight excluding hydrogens is 521 g/mol. The third-order valence-electron chi connectivity index (χ3n) is 8.64. The maximum absolute atomic E-state index is 13.9. The smallest absolute Gasteiger partial charge is 0.243 e. The first-order valence-electron chi connectivity index (χ1n) is 14.8. The van der Waals surface area contributed by atoms with Gasteiger partial charge in [0.2, 0.25) is 23.6 Å². The van der Waals surface area contributed by atoms with Crippen molar-refractivity contribution < 1.29 is 23.6 Å². The number of rotatable bonds is 10. The molecule has 1 saturated heterocycles. The standard InChI is InChI=1S/C33H38FN3O4/c34-25-17-15-24(16-18-25)22-37(30(38)19-20-36-32(40)27-13-7-8-14-28(27)33(36)41)29(21-23-9-3-1-4-10-23)31(39)35-26-11-5-2-6-12-26/h1,3-4,7-10,15-18,26-29H,2,5-6,11-14,19-22H2,(H,35,39)/t27-,28+,29?. The molecule has 3 atom stereocenters. The summed E-state index contributed by atoms with van der Waals surface area (Å²) >= 11 is 0. The van der Waals surface area contributed by atoms with Crippen LogP contribution in [0.4, 0.5) is 4.39 Å². The number of fused-ring (bicyclic) bond motifs is 1. The van der Waals surface area contributed by atoms with Gasteiger partial charge < -0.3 is 10.2 Å². The summed E-state index contributed by atoms with van der Waals surface area (Å²) < 4.78 is 13.7. The van der Waals surface area contributed by atoms with Crippen molar-refractivity contribution in [1.82, 2.24) is 15.1 Å². The molecule has 8 heteroatoms. The van der Waals surface area contributed by atoms with E-state index in [2.05, 4.69) is 5.32 Å². The van der Waals surface area contributed by atoms with Gasteiger partial charge in [-0.05, 0) is 48.9 Å². The fourth-order valence-electron chi connectivity index (χ4n) is 6.33. The van der Waals surface area contributed by atoms with Crippen LogP contribution in [-0.2, 0) is 32.1 Å². The Balaban J connectivity index is 1.38. The minimum Gasteiger partial charge on any atom is -0.352 e. The Morgan fingerprint density at radius 3 is 2.15 bits per heavy atom. The molecule has 4 amide bonds. The lowest BCUT2D eigenvalue weighted by Crippen LogP contribution is -2.53. The lowest BCUT2D eigenvalue weighted by Gasteiger charge is -2.34. The fraction of sp³-hybridized carbons (Fsp3) is 0.455. The average Bonchev–Trinajstić information content (AvgIpc) is 3.24. The molecule has 41 heavy (non-hydrogen) atoms. The van der Waals surface area contributed by atoms with Gasteiger partial charge >= 0.3 is 0 Å². The zero-order valence-electron chi connectivity index (χ0n) is 23.3. The number of likely N-dealkylation sites (tertiary alicyclic amines) is 1. The summed E-state index contributed by atoms with van der Waals surface area (Å²) in [5.41, 5.74) is 1.60. The number of hydrogen-bond acceptors (Lipinski definition) is 4. The van der Waals surface area contributed by atoms with Gasteiger partial charge in [-0.2, -0.15) is 0 Å². The zero-order chi connectivity index (χ0) is 28.8. The van der Waals surface area contributed by atoms with Crippen molar-refractivity contribution in [2.75, 3.05) is 6.54 Å². The normalized spacial score (nSPS) is 21.4. The molecule has 1 aliphatic heterocycles. The van der Waals surface area contributed by atoms with Crippen LogP contribution in [0.2, 0.25) is 0 Å². The molecule has 0 spiro atoms. The molecular formula is C33H38FN3O4. The van der Waals surface area contributed by atoms with Crippen LogP contribution in [0.1, 0.15) is 62.5 Å². The van der Waals surface area contributed by atoms with E-state index in [1.54, 1.807) is 12.1 Å². The number of allylic oxidation sites excluding steroid dienone is 2. The average molecular weight is 560 g/mol. The number of nitrogens with one attached hydrogen (secondary N) is 1. The van der Waals surface area contributed by atoms with Gasteiger partial charge in [-0.3, -0.25) is 24.1 Å². The van der Waals surface area contributed by atoms with Crippen molar-refractivity contribution in [2.45, 2.75) is 76.4 Å². The molecule has 2 fully saturated rings. The summed E-state index contributed by atoms with van der Waals surface area (Å²) in [5, 5.41) is 3.20. The summed E-state index contributed by atoms with van der Waals surface area (Å²) in [6, 6.07) is 14.7. The monoisotopic (exact) mass is 559 g/mol. The third kappa shape index (κ3) is 6.92. The second-order valence-corrected chi connectivity index (χ2v) is 11.4. The maximum atomic E-state index is 13.9. The molecule has 5 rings (SSSR count). The molecule has 0 aromatic heterocycles. The lowest BCUT2D eigenvalue weighted by atomic mass is 9.85. The van der Waals surface area contributed by atoms with Crippen LogP contribution in [0.5, 0.6) is 0 Å². The number of benzene rings is 2. The van der Waals surface area contributed by atoms with Crippen molar-refractivity contribution >= 4 is 23.6 Å². The Morgan fingerprint density at radius 2 is 1.51 bits per heavy atom. The van der Waals surface area contributed by atoms with Gasteiger partial charge in [-0.15, -0.1) is 0 Å². The van der Waals surface area contributed by atoms with Gasteiger partial charge in [0.15, 0.2) is 0 Å². The number of halogens is 1. The van der Waals surface area contributed by atoms with Gasteiger partial charge in [-0.1, -0.05) is 73.9 Å². The second-order valence-electron chi connectivity index (χ2n) is 11.4. The van der Waals surface area contributed by atoms with E-state index in [1.165, 1.54) is 21.9 Å². The highest BCUT2D eigenvalue weighted by Crippen LogP contribution is 2.35. The maximum Gasteiger partial charge on any atom is 0.243 e. The van der Waals surface area contributed by atoms with Crippen LogP contribution in [0.25, 0.3) is 0 Å². The largest absolute Gasteiger partial charge is 0.352 e. The Labute approximate surface area is 240 Å². The molecule has 1 unspecified atom stereocenters. The summed E-state index contributed by atoms with van der Waals surface area (Å²) in [6.07, 6.45) is 10.3. The quantitative estimate of drug-likeness (QED) is 0.342. The molecule has 2 aromatic carbocycles. The highest BCUT2D eigenvalue weighted by Gasteiger charge is 2.47. The zero-order valence-corrected chi connectivity index (χ0v) is 23.3. The second kappa shape index (κ2) is 13.2. The molecule has 1 heterocycles. The molecule has 1 N–H and O–H groups in total. The molecule has 3 aliphatic rings. The van der Waals surface area contributed by atoms with Gasteiger partial charge in [0.05, 0.1) is 11.8 Å². The Morgan fingerprint density at radius 1 is 0.878 bits per heavy atom. The van der Waals surface area contributed by atoms with Crippen LogP contribution in [0, 0.1) is 17.7 Å². The molecule has 216 valence electrons. The summed E-state index contributed by atoms with van der Waals surface area (Å²) in [5.74, 6) is -2.10. The van der Waals surface area contributed by atoms with E-state index >= 15 is 0 Å². The van der Waals surface area contributed by atoms with Crippen LogP contribution < -0.4 is 5.32 Å². The first-order chi connectivity index (χ1) is 19.9. The van der Waals surface area contributed by atoms with Crippen LogP contribution in [-0.4, -0.2) is 52.1 Å². The molecule has 7 nitrogen and oxygen atoms in total. The van der Waals surface area contributed by atoms with Crippen molar-refractivity contribution in [3.63, 3.8) is 0 Å². The number of carbonyl (C=O) groups is 4. The van der Waals surface area contributed by atoms with E-state index < -0.39 is 6.04 Å². The van der Waals surface area contributed by atoms with Crippen molar-refractivity contribution in [2.24, 2.45) is 11.8 Å². The van der Waals surface area contributed by atoms with Crippen LogP contribution in [0.15, 0.2) is 66.7 Å². The fourth-order valence-corrected chi connectivity index (χ4v) is 6.33. The van der Waals surface area contributed by atoms with E-state index in [-0.39, 0.29) is 66.8 Å². The molecule has 0 bridgehead atoms. The lowest BCUT2D eigenvalue weighted by molar-refractivity contribution is -0.144. The van der Waals surface area contributed by atoms with E-state index in [0.717, 1.165) is 37.7 Å². The highest BCUT2D eigenvalue weighted by molar-refractivity contribution is 6.05. The molecule has 0 radical (unpaired) electrons. The minimum atomic E-state index is -0.811. The van der Waals surface area contributed by atoms with Gasteiger partial charge in [-0.25, -0.2) is 4.39 Å². The number of amides is 4. The summed E-state index contributed by atoms with van der Waals surface area (Å²) in [4.78, 5) is 56.6. The Kier molecular flexibility index (Phi) is 9.27. The number of nitrogens with zero attached hydrogens (tertiary/aromatic N) is 2. The van der Waals surface area contributed by atoms with Gasteiger partial charge in [0.25, 0.3) is 0 Å². The molecule has 2 aromatic rings. The van der Waals surface area contributed by atoms with E-state index in [1.807, 2.05) is 42.5 Å². The van der Waals surface area contributed by atoms with E-state index in [0.29, 0.717) is 24.8 Å². The van der Waals surface area contributed by atoms with Crippen LogP contribution in [0.3, 0.4) is 0 Å². The predicted molar refractivity (Wildman–Crippen MR) is 153 cm³/mol. The van der Waals surface area contributed by atoms with E-state index in [4.69, 9.17) is 0 Å². The number of carbonyl (C=O) groups excluding carboxylic acids is 4. The molecule has 2 aliphatic carbocycles. The van der Waals surface area contributed by atoms with E-state index in [9.17, 15) is 23.6 Å². The minimum absolute atomic E-state index is 0.0221. The number of hydrogen-bond donors (Lipinski definition) is 1. The topological polar surface area (TPSA) is 86.8 Å². The Bertz CT molecular complexity index is 1250. The highest BCUT2D eigenvalue weighted by atomic mass is 19.1. The predicted octanol–water partition coefficient (Wildman–Crippen LogP) is 4.56. The molecule has 1 saturated carbocycles. The first kappa shape index (κ1) is 28.7. The number of imide groups is 1. The SMILES string of the molecule is O=C(NC1CCCCC1)C(Cc1ccccc1)N(Cc1ccc(F)cc1)C(=O)CCN1C(=O)[C@H]2CC=CC[C@H]2C1=O. The third-order valence-corrected chi connectivity index (χ3v) is 8.64. The van der Waals surface area contributed by atoms with Gasteiger partial charge in [0.1, 0.15) is 11.9 Å². The van der Waals surface area contributed by atoms with Crippen molar-refractivity contribution in [3.05, 3.63) is 83.7 Å². The first-order valence-corrected chi connectivity index (χ1v) is 14.8.